The highest BCUT2D eigenvalue weighted by molar-refractivity contribution is 6.06. The van der Waals surface area contributed by atoms with E-state index in [0.717, 1.165) is 24.0 Å². The molecule has 2 unspecified atom stereocenters. The van der Waals surface area contributed by atoms with Crippen molar-refractivity contribution in [3.8, 4) is 6.07 Å². The maximum Gasteiger partial charge on any atom is 0.418 e. The van der Waals surface area contributed by atoms with Crippen molar-refractivity contribution < 1.29 is 28.2 Å². The average Bonchev–Trinajstić information content (AvgIpc) is 2.73. The fourth-order valence-electron chi connectivity index (χ4n) is 3.50. The van der Waals surface area contributed by atoms with E-state index in [1.165, 1.54) is 24.3 Å². The number of rotatable bonds is 6. The number of aliphatic hydroxyl groups excluding tert-OH is 2. The molecule has 0 spiro atoms. The number of carbonyl (C=O) groups excluding carboxylic acids is 1. The number of hydrogen-bond acceptors (Lipinski definition) is 5. The van der Waals surface area contributed by atoms with Crippen molar-refractivity contribution >= 4 is 27.9 Å². The van der Waals surface area contributed by atoms with Crippen LogP contribution in [0.2, 0.25) is 0 Å². The van der Waals surface area contributed by atoms with Gasteiger partial charge in [-0.25, -0.2) is 0 Å². The second-order valence-corrected chi connectivity index (χ2v) is 7.48. The van der Waals surface area contributed by atoms with Crippen molar-refractivity contribution in [2.45, 2.75) is 31.7 Å². The van der Waals surface area contributed by atoms with Gasteiger partial charge in [0.15, 0.2) is 0 Å². The molecule has 1 saturated heterocycles. The number of aliphatic hydroxyl groups is 2. The van der Waals surface area contributed by atoms with Crippen LogP contribution in [0, 0.1) is 11.3 Å². The number of fused-ring (bicyclic) bond motifs is 1. The van der Waals surface area contributed by atoms with Gasteiger partial charge in [-0.15, -0.1) is 0 Å². The van der Waals surface area contributed by atoms with Crippen LogP contribution in [0.25, 0.3) is 16.3 Å². The molecule has 6 nitrogen and oxygen atoms in total. The van der Waals surface area contributed by atoms with E-state index in [0.29, 0.717) is 11.4 Å². The van der Waals surface area contributed by atoms with E-state index < -0.39 is 42.5 Å². The van der Waals surface area contributed by atoms with Gasteiger partial charge in [0.1, 0.15) is 11.6 Å². The largest absolute Gasteiger partial charge is 0.418 e. The van der Waals surface area contributed by atoms with E-state index in [9.17, 15) is 28.3 Å². The molecule has 1 heterocycles. The van der Waals surface area contributed by atoms with Gasteiger partial charge in [-0.1, -0.05) is 18.2 Å². The van der Waals surface area contributed by atoms with E-state index in [2.05, 4.69) is 11.8 Å². The molecule has 2 atom stereocenters. The number of nitrogens with zero attached hydrogens (tertiary/aromatic N) is 2. The van der Waals surface area contributed by atoms with Crippen molar-refractivity contribution in [3.63, 3.8) is 0 Å². The summed E-state index contributed by atoms with van der Waals surface area (Å²) in [6.07, 6.45) is -5.22. The molecular formula is C22H22F3N3O3. The Labute approximate surface area is 177 Å². The molecule has 164 valence electrons. The van der Waals surface area contributed by atoms with Crippen molar-refractivity contribution in [2.24, 2.45) is 0 Å². The zero-order valence-corrected chi connectivity index (χ0v) is 16.8. The lowest BCUT2D eigenvalue weighted by molar-refractivity contribution is -0.118. The zero-order chi connectivity index (χ0) is 22.8. The van der Waals surface area contributed by atoms with Crippen LogP contribution in [0.15, 0.2) is 42.0 Å². The number of allylic oxidation sites excluding steroid dienone is 1. The Kier molecular flexibility index (Phi) is 6.53. The first-order chi connectivity index (χ1) is 14.7. The number of anilines is 1. The molecule has 2 aromatic rings. The van der Waals surface area contributed by atoms with Gasteiger partial charge in [0, 0.05) is 24.8 Å². The first-order valence-corrected chi connectivity index (χ1v) is 9.75. The summed E-state index contributed by atoms with van der Waals surface area (Å²) < 4.78 is 41.5. The summed E-state index contributed by atoms with van der Waals surface area (Å²) in [5.41, 5.74) is -1.78. The molecule has 31 heavy (non-hydrogen) atoms. The molecule has 3 rings (SSSR count). The minimum atomic E-state index is -4.96. The highest BCUT2D eigenvalue weighted by Crippen LogP contribution is 2.38. The van der Waals surface area contributed by atoms with Gasteiger partial charge in [0.2, 0.25) is 0 Å². The maximum absolute atomic E-state index is 13.8. The van der Waals surface area contributed by atoms with E-state index in [1.807, 2.05) is 17.4 Å². The molecule has 0 aliphatic carbocycles. The minimum absolute atomic E-state index is 0.306. The summed E-state index contributed by atoms with van der Waals surface area (Å²) in [4.78, 5) is 14.4. The van der Waals surface area contributed by atoms with Crippen LogP contribution in [0.1, 0.15) is 18.9 Å². The predicted molar refractivity (Wildman–Crippen MR) is 110 cm³/mol. The first kappa shape index (κ1) is 22.6. The molecular weight excluding hydrogens is 411 g/mol. The fourth-order valence-corrected chi connectivity index (χ4v) is 3.50. The molecule has 0 saturated carbocycles. The number of hydrogen-bond donors (Lipinski definition) is 3. The Morgan fingerprint density at radius 3 is 2.52 bits per heavy atom. The van der Waals surface area contributed by atoms with E-state index >= 15 is 0 Å². The topological polar surface area (TPSA) is 96.6 Å². The summed E-state index contributed by atoms with van der Waals surface area (Å²) in [6.45, 7) is 1.87. The van der Waals surface area contributed by atoms with Crippen LogP contribution in [-0.2, 0) is 4.79 Å². The molecule has 1 aliphatic rings. The molecule has 0 bridgehead atoms. The monoisotopic (exact) mass is 433 g/mol. The van der Waals surface area contributed by atoms with Crippen LogP contribution < -0.4 is 10.2 Å². The van der Waals surface area contributed by atoms with Gasteiger partial charge >= 0.3 is 6.18 Å². The molecule has 3 N–H and O–H groups in total. The number of carbonyl (C=O) groups is 1. The summed E-state index contributed by atoms with van der Waals surface area (Å²) in [7, 11) is 0. The smallest absolute Gasteiger partial charge is 0.394 e. The normalized spacial score (nSPS) is 18.1. The van der Waals surface area contributed by atoms with Gasteiger partial charge in [0.05, 0.1) is 18.3 Å². The number of amides is 1. The second kappa shape index (κ2) is 8.96. The maximum atomic E-state index is 13.8. The van der Waals surface area contributed by atoms with Crippen LogP contribution >= 0.6 is 0 Å². The lowest BCUT2D eigenvalue weighted by Crippen LogP contribution is -2.45. The Morgan fingerprint density at radius 1 is 1.29 bits per heavy atom. The molecule has 0 aromatic heterocycles. The van der Waals surface area contributed by atoms with Gasteiger partial charge in [-0.2, -0.15) is 18.4 Å². The van der Waals surface area contributed by atoms with Gasteiger partial charge in [-0.3, -0.25) is 4.79 Å². The number of nitriles is 1. The Morgan fingerprint density at radius 2 is 1.97 bits per heavy atom. The van der Waals surface area contributed by atoms with E-state index in [4.69, 9.17) is 5.11 Å². The highest BCUT2D eigenvalue weighted by Gasteiger charge is 2.39. The Hall–Kier alpha value is -3.09. The van der Waals surface area contributed by atoms with Crippen molar-refractivity contribution in [3.05, 3.63) is 47.5 Å². The number of nitrogens with one attached hydrogen (secondary N) is 1. The Balaban J connectivity index is 2.01. The molecule has 1 amide bonds. The van der Waals surface area contributed by atoms with Gasteiger partial charge in [-0.05, 0) is 47.9 Å². The van der Waals surface area contributed by atoms with Crippen LogP contribution in [0.5, 0.6) is 0 Å². The molecule has 9 heteroatoms. The summed E-state index contributed by atoms with van der Waals surface area (Å²) in [5.74, 6) is -1.27. The number of halogens is 3. The lowest BCUT2D eigenvalue weighted by Gasteiger charge is -2.41. The predicted octanol–water partition coefficient (Wildman–Crippen LogP) is 2.75. The third-order valence-corrected chi connectivity index (χ3v) is 5.35. The third kappa shape index (κ3) is 4.81. The summed E-state index contributed by atoms with van der Waals surface area (Å²) >= 11 is 0. The van der Waals surface area contributed by atoms with Crippen LogP contribution in [0.4, 0.5) is 18.9 Å². The Bertz CT molecular complexity index is 1060. The van der Waals surface area contributed by atoms with Gasteiger partial charge < -0.3 is 20.4 Å². The lowest BCUT2D eigenvalue weighted by atomic mass is 9.95. The fraction of sp³-hybridized carbons (Fsp3) is 0.364. The zero-order valence-electron chi connectivity index (χ0n) is 16.8. The van der Waals surface area contributed by atoms with Gasteiger partial charge in [0.25, 0.3) is 5.91 Å². The van der Waals surface area contributed by atoms with E-state index in [1.54, 1.807) is 6.07 Å². The quantitative estimate of drug-likeness (QED) is 0.481. The number of benzene rings is 2. The summed E-state index contributed by atoms with van der Waals surface area (Å²) in [6, 6.07) is 11.3. The standard InChI is InChI=1S/C22H22F3N3O3/c1-13-6-7-28(13)17-5-4-14-8-16(3-2-15(14)9-17)20(22(23,24)25)19(10-26)21(31)27-11-18(30)12-29/h2-5,8-9,13,18,29-30H,6-7,11-12H2,1H3,(H,27,31)/b20-19-. The minimum Gasteiger partial charge on any atom is -0.394 e. The molecule has 1 fully saturated rings. The van der Waals surface area contributed by atoms with Crippen molar-refractivity contribution in [1.29, 1.82) is 5.26 Å². The molecule has 1 aliphatic heterocycles. The number of alkyl halides is 3. The SMILES string of the molecule is CC1CCN1c1ccc2cc(/C(=C(\C#N)C(=O)NCC(O)CO)C(F)(F)F)ccc2c1. The molecule has 2 aromatic carbocycles. The summed E-state index contributed by atoms with van der Waals surface area (Å²) in [5, 5.41) is 30.7. The molecule has 0 radical (unpaired) electrons. The third-order valence-electron chi connectivity index (χ3n) is 5.35. The van der Waals surface area contributed by atoms with E-state index in [-0.39, 0.29) is 5.56 Å². The second-order valence-electron chi connectivity index (χ2n) is 7.48. The van der Waals surface area contributed by atoms with Crippen LogP contribution in [-0.4, -0.2) is 54.1 Å². The van der Waals surface area contributed by atoms with Crippen LogP contribution in [0.3, 0.4) is 0 Å². The first-order valence-electron chi connectivity index (χ1n) is 9.75. The van der Waals surface area contributed by atoms with Crippen molar-refractivity contribution in [2.75, 3.05) is 24.6 Å². The average molecular weight is 433 g/mol. The highest BCUT2D eigenvalue weighted by atomic mass is 19.4. The van der Waals surface area contributed by atoms with Crippen molar-refractivity contribution in [1.82, 2.24) is 5.32 Å².